The molecule has 0 unspecified atom stereocenters. The fourth-order valence-corrected chi connectivity index (χ4v) is 2.78. The molecule has 0 bridgehead atoms. The van der Waals surface area contributed by atoms with E-state index in [4.69, 9.17) is 10.5 Å². The second-order valence-corrected chi connectivity index (χ2v) is 4.92. The third-order valence-electron chi connectivity index (χ3n) is 2.76. The summed E-state index contributed by atoms with van der Waals surface area (Å²) in [5.74, 6) is 0.0887. The van der Waals surface area contributed by atoms with Crippen molar-refractivity contribution in [1.82, 2.24) is 9.97 Å². The largest absolute Gasteiger partial charge is 0.479 e. The van der Waals surface area contributed by atoms with E-state index in [1.165, 1.54) is 24.5 Å². The van der Waals surface area contributed by atoms with Gasteiger partial charge < -0.3 is 10.5 Å². The number of nitrogen functional groups attached to an aromatic ring is 1. The van der Waals surface area contributed by atoms with Crippen LogP contribution in [0.4, 0.5) is 9.52 Å². The molecule has 4 nitrogen and oxygen atoms in total. The van der Waals surface area contributed by atoms with Crippen molar-refractivity contribution in [3.05, 3.63) is 36.3 Å². The number of benzene rings is 1. The van der Waals surface area contributed by atoms with Crippen LogP contribution in [-0.4, -0.2) is 17.1 Å². The Bertz CT molecular complexity index is 757. The summed E-state index contributed by atoms with van der Waals surface area (Å²) in [6.45, 7) is 0. The molecule has 2 N–H and O–H groups in total. The smallest absolute Gasteiger partial charge is 0.241 e. The van der Waals surface area contributed by atoms with Crippen molar-refractivity contribution in [2.75, 3.05) is 12.8 Å². The second-order valence-electron chi connectivity index (χ2n) is 3.89. The zero-order chi connectivity index (χ0) is 13.4. The number of hydrogen-bond donors (Lipinski definition) is 1. The van der Waals surface area contributed by atoms with Crippen LogP contribution >= 0.6 is 11.3 Å². The molecule has 3 aromatic rings. The number of halogens is 1. The van der Waals surface area contributed by atoms with Crippen LogP contribution in [-0.2, 0) is 0 Å². The molecule has 96 valence electrons. The molecule has 0 saturated carbocycles. The first-order valence-electron chi connectivity index (χ1n) is 5.54. The first kappa shape index (κ1) is 11.9. The fourth-order valence-electron chi connectivity index (χ4n) is 1.93. The maximum Gasteiger partial charge on any atom is 0.241 e. The molecule has 0 fully saturated rings. The van der Waals surface area contributed by atoms with Gasteiger partial charge in [0.2, 0.25) is 5.88 Å². The molecular formula is C13H10FN3OS. The van der Waals surface area contributed by atoms with Gasteiger partial charge in [0.15, 0.2) is 5.13 Å². The van der Waals surface area contributed by atoms with Gasteiger partial charge in [-0.3, -0.25) is 0 Å². The highest BCUT2D eigenvalue weighted by atomic mass is 32.1. The number of fused-ring (bicyclic) bond motifs is 1. The van der Waals surface area contributed by atoms with Crippen LogP contribution in [0.15, 0.2) is 30.5 Å². The Balaban J connectivity index is 2.34. The van der Waals surface area contributed by atoms with Crippen molar-refractivity contribution in [2.45, 2.75) is 0 Å². The highest BCUT2D eigenvalue weighted by Crippen LogP contribution is 2.37. The fraction of sp³-hybridized carbons (Fsp3) is 0.0769. The van der Waals surface area contributed by atoms with Gasteiger partial charge in [-0.15, -0.1) is 0 Å². The Kier molecular flexibility index (Phi) is 2.79. The van der Waals surface area contributed by atoms with Crippen molar-refractivity contribution in [3.8, 4) is 17.0 Å². The first-order chi connectivity index (χ1) is 9.20. The Morgan fingerprint density at radius 2 is 2.05 bits per heavy atom. The summed E-state index contributed by atoms with van der Waals surface area (Å²) >= 11 is 1.29. The van der Waals surface area contributed by atoms with Crippen LogP contribution in [0.5, 0.6) is 5.88 Å². The minimum absolute atomic E-state index is 0.303. The predicted molar refractivity (Wildman–Crippen MR) is 73.8 cm³/mol. The van der Waals surface area contributed by atoms with E-state index in [2.05, 4.69) is 9.97 Å². The summed E-state index contributed by atoms with van der Waals surface area (Å²) in [4.78, 5) is 8.34. The van der Waals surface area contributed by atoms with E-state index in [0.717, 1.165) is 4.70 Å². The number of anilines is 1. The van der Waals surface area contributed by atoms with Gasteiger partial charge in [0, 0.05) is 17.3 Å². The number of rotatable bonds is 2. The molecule has 2 heterocycles. The molecule has 2 aromatic heterocycles. The molecule has 19 heavy (non-hydrogen) atoms. The summed E-state index contributed by atoms with van der Waals surface area (Å²) in [5, 5.41) is 0.402. The zero-order valence-electron chi connectivity index (χ0n) is 10.1. The van der Waals surface area contributed by atoms with Crippen LogP contribution in [0.1, 0.15) is 0 Å². The third-order valence-corrected chi connectivity index (χ3v) is 3.68. The Morgan fingerprint density at radius 3 is 2.79 bits per heavy atom. The van der Waals surface area contributed by atoms with E-state index >= 15 is 0 Å². The average Bonchev–Trinajstić information content (AvgIpc) is 2.80. The topological polar surface area (TPSA) is 61.0 Å². The SMILES string of the molecule is COc1ncc(-c2ccccc2F)c2sc(N)nc12. The molecule has 0 saturated heterocycles. The van der Waals surface area contributed by atoms with Crippen LogP contribution in [0.25, 0.3) is 21.3 Å². The minimum Gasteiger partial charge on any atom is -0.479 e. The summed E-state index contributed by atoms with van der Waals surface area (Å²) < 4.78 is 19.8. The predicted octanol–water partition coefficient (Wildman–Crippen LogP) is 3.09. The molecule has 0 spiro atoms. The van der Waals surface area contributed by atoms with Crippen molar-refractivity contribution < 1.29 is 9.13 Å². The summed E-state index contributed by atoms with van der Waals surface area (Å²) in [6, 6.07) is 6.54. The molecule has 0 amide bonds. The van der Waals surface area contributed by atoms with E-state index in [0.29, 0.717) is 27.7 Å². The maximum absolute atomic E-state index is 13.9. The lowest BCUT2D eigenvalue weighted by Crippen LogP contribution is -1.91. The minimum atomic E-state index is -0.303. The zero-order valence-corrected chi connectivity index (χ0v) is 10.9. The lowest BCUT2D eigenvalue weighted by Gasteiger charge is -2.06. The highest BCUT2D eigenvalue weighted by Gasteiger charge is 2.16. The van der Waals surface area contributed by atoms with Gasteiger partial charge >= 0.3 is 0 Å². The summed E-state index contributed by atoms with van der Waals surface area (Å²) in [6.07, 6.45) is 1.58. The van der Waals surface area contributed by atoms with Crippen LogP contribution in [0.3, 0.4) is 0 Å². The number of aromatic nitrogens is 2. The van der Waals surface area contributed by atoms with Crippen molar-refractivity contribution in [1.29, 1.82) is 0 Å². The van der Waals surface area contributed by atoms with Crippen molar-refractivity contribution in [2.24, 2.45) is 0 Å². The molecule has 0 atom stereocenters. The normalized spacial score (nSPS) is 10.8. The number of nitrogens with two attached hydrogens (primary N) is 1. The highest BCUT2D eigenvalue weighted by molar-refractivity contribution is 7.22. The Labute approximate surface area is 112 Å². The van der Waals surface area contributed by atoms with Gasteiger partial charge in [-0.05, 0) is 6.07 Å². The lowest BCUT2D eigenvalue weighted by molar-refractivity contribution is 0.402. The first-order valence-corrected chi connectivity index (χ1v) is 6.36. The average molecular weight is 275 g/mol. The lowest BCUT2D eigenvalue weighted by atomic mass is 10.1. The summed E-state index contributed by atoms with van der Waals surface area (Å²) in [7, 11) is 1.51. The monoisotopic (exact) mass is 275 g/mol. The van der Waals surface area contributed by atoms with Gasteiger partial charge in [-0.1, -0.05) is 29.5 Å². The standard InChI is InChI=1S/C13H10FN3OS/c1-18-12-10-11(19-13(15)17-10)8(6-16-12)7-4-2-3-5-9(7)14/h2-6H,1H3,(H2,15,17). The van der Waals surface area contributed by atoms with E-state index < -0.39 is 0 Å². The molecule has 0 radical (unpaired) electrons. The van der Waals surface area contributed by atoms with Crippen LogP contribution in [0.2, 0.25) is 0 Å². The van der Waals surface area contributed by atoms with Gasteiger partial charge in [-0.25, -0.2) is 14.4 Å². The molecular weight excluding hydrogens is 265 g/mol. The number of nitrogens with zero attached hydrogens (tertiary/aromatic N) is 2. The quantitative estimate of drug-likeness (QED) is 0.780. The maximum atomic E-state index is 13.9. The Morgan fingerprint density at radius 1 is 1.26 bits per heavy atom. The number of hydrogen-bond acceptors (Lipinski definition) is 5. The number of methoxy groups -OCH3 is 1. The van der Waals surface area contributed by atoms with Crippen molar-refractivity contribution >= 4 is 26.7 Å². The summed E-state index contributed by atoms with van der Waals surface area (Å²) in [5.41, 5.74) is 7.44. The van der Waals surface area contributed by atoms with Crippen molar-refractivity contribution in [3.63, 3.8) is 0 Å². The molecule has 6 heteroatoms. The van der Waals surface area contributed by atoms with E-state index in [-0.39, 0.29) is 5.82 Å². The third kappa shape index (κ3) is 1.90. The molecule has 0 aliphatic heterocycles. The van der Waals surface area contributed by atoms with Gasteiger partial charge in [0.25, 0.3) is 0 Å². The molecule has 0 aliphatic rings. The van der Waals surface area contributed by atoms with Gasteiger partial charge in [-0.2, -0.15) is 0 Å². The van der Waals surface area contributed by atoms with Gasteiger partial charge in [0.05, 0.1) is 11.8 Å². The molecule has 1 aromatic carbocycles. The molecule has 0 aliphatic carbocycles. The van der Waals surface area contributed by atoms with Crippen LogP contribution < -0.4 is 10.5 Å². The molecule has 3 rings (SSSR count). The number of pyridine rings is 1. The second kappa shape index (κ2) is 4.47. The van der Waals surface area contributed by atoms with Gasteiger partial charge in [0.1, 0.15) is 11.3 Å². The van der Waals surface area contributed by atoms with Crippen LogP contribution in [0, 0.1) is 5.82 Å². The number of ether oxygens (including phenoxy) is 1. The number of thiazole rings is 1. The van der Waals surface area contributed by atoms with E-state index in [1.54, 1.807) is 24.4 Å². The van der Waals surface area contributed by atoms with E-state index in [1.807, 2.05) is 0 Å². The Hall–Kier alpha value is -2.21. The van der Waals surface area contributed by atoms with E-state index in [9.17, 15) is 4.39 Å².